The third-order valence-corrected chi connectivity index (χ3v) is 6.62. The number of nitrogens with one attached hydrogen (secondary N) is 2. The first-order chi connectivity index (χ1) is 18.2. The Balaban J connectivity index is 1.44. The zero-order valence-electron chi connectivity index (χ0n) is 20.6. The SMILES string of the molecule is Cc1ccc(NC(=O)c2ccnc(OC(F)F)c2)cc1-c1cc(N)c2c(c1)OC1(CCOCC1)CC(=O)N2. The molecule has 1 aromatic heterocycles. The number of anilines is 3. The number of rotatable bonds is 5. The molecule has 2 aromatic carbocycles. The molecule has 3 aromatic rings. The molecule has 1 fully saturated rings. The molecule has 1 spiro atoms. The zero-order chi connectivity index (χ0) is 26.9. The van der Waals surface area contributed by atoms with Gasteiger partial charge in [0.15, 0.2) is 0 Å². The molecule has 0 atom stereocenters. The number of amides is 2. The van der Waals surface area contributed by atoms with E-state index in [2.05, 4.69) is 20.4 Å². The Kier molecular flexibility index (Phi) is 6.85. The summed E-state index contributed by atoms with van der Waals surface area (Å²) in [6.45, 7) is -0.118. The number of ether oxygens (including phenoxy) is 3. The van der Waals surface area contributed by atoms with E-state index in [1.807, 2.05) is 19.1 Å². The van der Waals surface area contributed by atoms with Gasteiger partial charge in [0.2, 0.25) is 11.8 Å². The maximum Gasteiger partial charge on any atom is 0.388 e. The molecule has 0 radical (unpaired) electrons. The van der Waals surface area contributed by atoms with Crippen molar-refractivity contribution in [2.24, 2.45) is 0 Å². The highest BCUT2D eigenvalue weighted by molar-refractivity contribution is 6.05. The van der Waals surface area contributed by atoms with Gasteiger partial charge in [-0.25, -0.2) is 4.98 Å². The molecule has 11 heteroatoms. The molecule has 2 aliphatic heterocycles. The second kappa shape index (κ2) is 10.3. The lowest BCUT2D eigenvalue weighted by Gasteiger charge is -2.35. The van der Waals surface area contributed by atoms with Crippen LogP contribution in [0, 0.1) is 6.92 Å². The van der Waals surface area contributed by atoms with Crippen LogP contribution in [0.15, 0.2) is 48.7 Å². The van der Waals surface area contributed by atoms with Crippen molar-refractivity contribution < 1.29 is 32.6 Å². The third-order valence-electron chi connectivity index (χ3n) is 6.62. The Labute approximate surface area is 217 Å². The van der Waals surface area contributed by atoms with Gasteiger partial charge >= 0.3 is 6.61 Å². The van der Waals surface area contributed by atoms with Gasteiger partial charge in [0.1, 0.15) is 17.0 Å². The van der Waals surface area contributed by atoms with E-state index in [9.17, 15) is 18.4 Å². The summed E-state index contributed by atoms with van der Waals surface area (Å²) in [5, 5.41) is 5.65. The van der Waals surface area contributed by atoms with Crippen LogP contribution >= 0.6 is 0 Å². The predicted molar refractivity (Wildman–Crippen MR) is 137 cm³/mol. The fraction of sp³-hybridized carbons (Fsp3) is 0.296. The number of pyridine rings is 1. The lowest BCUT2D eigenvalue weighted by atomic mass is 9.90. The van der Waals surface area contributed by atoms with Crippen LogP contribution in [0.25, 0.3) is 11.1 Å². The van der Waals surface area contributed by atoms with Gasteiger partial charge in [-0.3, -0.25) is 9.59 Å². The van der Waals surface area contributed by atoms with Crippen molar-refractivity contribution in [3.05, 3.63) is 59.8 Å². The highest BCUT2D eigenvalue weighted by Gasteiger charge is 2.40. The molecule has 198 valence electrons. The number of aromatic nitrogens is 1. The average Bonchev–Trinajstić information content (AvgIpc) is 3.00. The van der Waals surface area contributed by atoms with Crippen LogP contribution in [0.3, 0.4) is 0 Å². The van der Waals surface area contributed by atoms with Crippen LogP contribution < -0.4 is 25.8 Å². The van der Waals surface area contributed by atoms with E-state index in [4.69, 9.17) is 15.2 Å². The Hall–Kier alpha value is -4.25. The van der Waals surface area contributed by atoms with Crippen LogP contribution in [0.1, 0.15) is 35.2 Å². The number of nitrogens with two attached hydrogens (primary N) is 1. The van der Waals surface area contributed by atoms with E-state index in [-0.39, 0.29) is 23.8 Å². The summed E-state index contributed by atoms with van der Waals surface area (Å²) >= 11 is 0. The number of fused-ring (bicyclic) bond motifs is 1. The molecule has 38 heavy (non-hydrogen) atoms. The molecule has 0 saturated carbocycles. The van der Waals surface area contributed by atoms with Gasteiger partial charge in [-0.05, 0) is 53.9 Å². The van der Waals surface area contributed by atoms with Crippen LogP contribution in [0.2, 0.25) is 0 Å². The summed E-state index contributed by atoms with van der Waals surface area (Å²) in [7, 11) is 0. The van der Waals surface area contributed by atoms with Crippen molar-refractivity contribution >= 4 is 28.9 Å². The predicted octanol–water partition coefficient (Wildman–Crippen LogP) is 4.76. The zero-order valence-corrected chi connectivity index (χ0v) is 20.6. The molecule has 1 saturated heterocycles. The second-order valence-electron chi connectivity index (χ2n) is 9.31. The van der Waals surface area contributed by atoms with Crippen LogP contribution in [-0.4, -0.2) is 42.2 Å². The molecular weight excluding hydrogens is 498 g/mol. The number of carbonyl (C=O) groups excluding carboxylic acids is 2. The van der Waals surface area contributed by atoms with Gasteiger partial charge in [0, 0.05) is 36.4 Å². The fourth-order valence-electron chi connectivity index (χ4n) is 4.70. The molecular formula is C27H26F2N4O5. The van der Waals surface area contributed by atoms with Gasteiger partial charge in [0.25, 0.3) is 5.91 Å². The average molecular weight is 525 g/mol. The minimum absolute atomic E-state index is 0.109. The topological polar surface area (TPSA) is 125 Å². The minimum atomic E-state index is -3.05. The van der Waals surface area contributed by atoms with Gasteiger partial charge in [-0.1, -0.05) is 6.07 Å². The van der Waals surface area contributed by atoms with Crippen LogP contribution in [-0.2, 0) is 9.53 Å². The van der Waals surface area contributed by atoms with Crippen LogP contribution in [0.5, 0.6) is 11.6 Å². The lowest BCUT2D eigenvalue weighted by molar-refractivity contribution is -0.122. The Morgan fingerprint density at radius 3 is 2.74 bits per heavy atom. The maximum absolute atomic E-state index is 12.8. The van der Waals surface area contributed by atoms with Crippen molar-refractivity contribution in [2.75, 3.05) is 29.6 Å². The fourth-order valence-corrected chi connectivity index (χ4v) is 4.70. The first-order valence-electron chi connectivity index (χ1n) is 12.0. The number of nitrogens with zero attached hydrogens (tertiary/aromatic N) is 1. The van der Waals surface area contributed by atoms with E-state index >= 15 is 0 Å². The molecule has 9 nitrogen and oxygen atoms in total. The van der Waals surface area contributed by atoms with E-state index in [1.54, 1.807) is 18.2 Å². The Bertz CT molecular complexity index is 1390. The lowest BCUT2D eigenvalue weighted by Crippen LogP contribution is -2.43. The maximum atomic E-state index is 12.8. The highest BCUT2D eigenvalue weighted by Crippen LogP contribution is 2.44. The van der Waals surface area contributed by atoms with Crippen LogP contribution in [0.4, 0.5) is 25.8 Å². The molecule has 4 N–H and O–H groups in total. The van der Waals surface area contributed by atoms with Crippen molar-refractivity contribution in [1.29, 1.82) is 0 Å². The molecule has 2 aliphatic rings. The number of aryl methyl sites for hydroxylation is 1. The van der Waals surface area contributed by atoms with E-state index in [0.29, 0.717) is 48.9 Å². The number of benzene rings is 2. The summed E-state index contributed by atoms with van der Waals surface area (Å²) < 4.78 is 41.2. The van der Waals surface area contributed by atoms with Crippen molar-refractivity contribution in [2.45, 2.75) is 38.4 Å². The van der Waals surface area contributed by atoms with Crippen molar-refractivity contribution in [3.8, 4) is 22.8 Å². The van der Waals surface area contributed by atoms with Gasteiger partial charge in [-0.15, -0.1) is 0 Å². The molecule has 5 rings (SSSR count). The summed E-state index contributed by atoms with van der Waals surface area (Å²) in [4.78, 5) is 29.1. The molecule has 2 amide bonds. The quantitative estimate of drug-likeness (QED) is 0.411. The monoisotopic (exact) mass is 524 g/mol. The van der Waals surface area contributed by atoms with Gasteiger partial charge < -0.3 is 30.6 Å². The molecule has 0 unspecified atom stereocenters. The number of carbonyl (C=O) groups is 2. The molecule has 3 heterocycles. The normalized spacial score (nSPS) is 16.3. The number of hydrogen-bond acceptors (Lipinski definition) is 7. The number of nitrogen functional groups attached to an aromatic ring is 1. The van der Waals surface area contributed by atoms with Crippen molar-refractivity contribution in [3.63, 3.8) is 0 Å². The summed E-state index contributed by atoms with van der Waals surface area (Å²) in [6, 6.07) is 11.5. The Morgan fingerprint density at radius 1 is 1.18 bits per heavy atom. The van der Waals surface area contributed by atoms with Crippen molar-refractivity contribution in [1.82, 2.24) is 4.98 Å². The second-order valence-corrected chi connectivity index (χ2v) is 9.31. The highest BCUT2D eigenvalue weighted by atomic mass is 19.3. The first kappa shape index (κ1) is 25.4. The number of halogens is 2. The number of alkyl halides is 2. The van der Waals surface area contributed by atoms with Gasteiger partial charge in [0.05, 0.1) is 25.3 Å². The largest absolute Gasteiger partial charge is 0.484 e. The third kappa shape index (κ3) is 5.37. The van der Waals surface area contributed by atoms with E-state index in [1.165, 1.54) is 12.3 Å². The summed E-state index contributed by atoms with van der Waals surface area (Å²) in [6.07, 6.45) is 2.60. The minimum Gasteiger partial charge on any atom is -0.484 e. The standard InChI is InChI=1S/C27H26F2N4O5/c1-15-2-3-18(32-25(35)16-4-7-31-23(12-16)37-26(28)29)13-19(15)17-10-20(30)24-21(11-17)38-27(14-22(34)33-24)5-8-36-9-6-27/h2-4,7,10-13,26H,5-6,8-9,14,30H2,1H3,(H,32,35)(H,33,34). The summed E-state index contributed by atoms with van der Waals surface area (Å²) in [5.74, 6) is -0.559. The summed E-state index contributed by atoms with van der Waals surface area (Å²) in [5.41, 5.74) is 9.51. The van der Waals surface area contributed by atoms with E-state index < -0.39 is 18.1 Å². The molecule has 0 bridgehead atoms. The van der Waals surface area contributed by atoms with E-state index in [0.717, 1.165) is 22.8 Å². The Morgan fingerprint density at radius 2 is 1.97 bits per heavy atom. The smallest absolute Gasteiger partial charge is 0.388 e. The first-order valence-corrected chi connectivity index (χ1v) is 12.0. The number of hydrogen-bond donors (Lipinski definition) is 3. The molecule has 0 aliphatic carbocycles. The van der Waals surface area contributed by atoms with Gasteiger partial charge in [-0.2, -0.15) is 8.78 Å².